The monoisotopic (exact) mass is 278 g/mol. The first kappa shape index (κ1) is 14.8. The Kier molecular flexibility index (Phi) is 4.98. The number of hydrogen-bond donors (Lipinski definition) is 3. The van der Waals surface area contributed by atoms with Gasteiger partial charge in [-0.15, -0.1) is 0 Å². The van der Waals surface area contributed by atoms with Crippen LogP contribution < -0.4 is 5.32 Å². The largest absolute Gasteiger partial charge is 0.396 e. The summed E-state index contributed by atoms with van der Waals surface area (Å²) < 4.78 is 0. The molecule has 1 aromatic carbocycles. The SMILES string of the molecule is CC(O)c1cccc(NC(=O)N2CCC(CCO)C2)c1. The van der Waals surface area contributed by atoms with E-state index >= 15 is 0 Å². The lowest BCUT2D eigenvalue weighted by molar-refractivity contribution is 0.199. The van der Waals surface area contributed by atoms with Crippen LogP contribution in [0.4, 0.5) is 10.5 Å². The van der Waals surface area contributed by atoms with Crippen LogP contribution in [0.3, 0.4) is 0 Å². The Hall–Kier alpha value is -1.59. The van der Waals surface area contributed by atoms with E-state index in [-0.39, 0.29) is 12.6 Å². The van der Waals surface area contributed by atoms with E-state index in [9.17, 15) is 9.90 Å². The molecule has 1 saturated heterocycles. The van der Waals surface area contributed by atoms with Crippen molar-refractivity contribution in [3.63, 3.8) is 0 Å². The van der Waals surface area contributed by atoms with Crippen molar-refractivity contribution >= 4 is 11.7 Å². The average molecular weight is 278 g/mol. The molecule has 1 aliphatic rings. The van der Waals surface area contributed by atoms with Gasteiger partial charge in [0.2, 0.25) is 0 Å². The molecule has 0 spiro atoms. The third-order valence-corrected chi connectivity index (χ3v) is 3.73. The third-order valence-electron chi connectivity index (χ3n) is 3.73. The summed E-state index contributed by atoms with van der Waals surface area (Å²) in [6.45, 7) is 3.30. The Morgan fingerprint density at radius 3 is 3.05 bits per heavy atom. The second-order valence-electron chi connectivity index (χ2n) is 5.34. The molecule has 1 heterocycles. The molecule has 3 N–H and O–H groups in total. The summed E-state index contributed by atoms with van der Waals surface area (Å²) in [4.78, 5) is 13.9. The quantitative estimate of drug-likeness (QED) is 0.788. The predicted octanol–water partition coefficient (Wildman–Crippen LogP) is 1.98. The third kappa shape index (κ3) is 3.71. The smallest absolute Gasteiger partial charge is 0.321 e. The minimum absolute atomic E-state index is 0.117. The second kappa shape index (κ2) is 6.72. The van der Waals surface area contributed by atoms with Gasteiger partial charge in [0.05, 0.1) is 6.10 Å². The van der Waals surface area contributed by atoms with E-state index in [1.807, 2.05) is 18.2 Å². The maximum Gasteiger partial charge on any atom is 0.321 e. The molecule has 0 bridgehead atoms. The zero-order chi connectivity index (χ0) is 14.5. The number of benzene rings is 1. The maximum absolute atomic E-state index is 12.1. The van der Waals surface area contributed by atoms with Crippen molar-refractivity contribution in [3.05, 3.63) is 29.8 Å². The Morgan fingerprint density at radius 1 is 1.55 bits per heavy atom. The number of anilines is 1. The van der Waals surface area contributed by atoms with Crippen LogP contribution in [0.25, 0.3) is 0 Å². The maximum atomic E-state index is 12.1. The molecule has 2 atom stereocenters. The number of urea groups is 1. The van der Waals surface area contributed by atoms with Crippen molar-refractivity contribution in [2.45, 2.75) is 25.9 Å². The number of hydrogen-bond acceptors (Lipinski definition) is 3. The molecule has 0 saturated carbocycles. The van der Waals surface area contributed by atoms with Gasteiger partial charge < -0.3 is 20.4 Å². The molecule has 1 fully saturated rings. The van der Waals surface area contributed by atoms with Crippen molar-refractivity contribution in [2.24, 2.45) is 5.92 Å². The molecular formula is C15H22N2O3. The molecule has 0 aliphatic carbocycles. The summed E-state index contributed by atoms with van der Waals surface area (Å²) in [6.07, 6.45) is 1.15. The first-order chi connectivity index (χ1) is 9.60. The minimum Gasteiger partial charge on any atom is -0.396 e. The van der Waals surface area contributed by atoms with Crippen LogP contribution in [0, 0.1) is 5.92 Å². The summed E-state index contributed by atoms with van der Waals surface area (Å²) in [7, 11) is 0. The predicted molar refractivity (Wildman–Crippen MR) is 77.5 cm³/mol. The molecule has 5 heteroatoms. The number of rotatable bonds is 4. The van der Waals surface area contributed by atoms with Crippen molar-refractivity contribution < 1.29 is 15.0 Å². The molecule has 2 rings (SSSR count). The number of nitrogens with one attached hydrogen (secondary N) is 1. The van der Waals surface area contributed by atoms with E-state index < -0.39 is 6.10 Å². The van der Waals surface area contributed by atoms with Gasteiger partial charge in [0.1, 0.15) is 0 Å². The number of aliphatic hydroxyl groups excluding tert-OH is 2. The molecule has 1 aromatic rings. The van der Waals surface area contributed by atoms with Gasteiger partial charge in [0.25, 0.3) is 0 Å². The number of likely N-dealkylation sites (tertiary alicyclic amines) is 1. The normalized spacial score (nSPS) is 19.9. The minimum atomic E-state index is -0.549. The molecule has 5 nitrogen and oxygen atoms in total. The molecule has 0 aromatic heterocycles. The Morgan fingerprint density at radius 2 is 2.35 bits per heavy atom. The van der Waals surface area contributed by atoms with Crippen LogP contribution in [0.5, 0.6) is 0 Å². The first-order valence-corrected chi connectivity index (χ1v) is 7.05. The lowest BCUT2D eigenvalue weighted by atomic mass is 10.1. The summed E-state index contributed by atoms with van der Waals surface area (Å²) in [6, 6.07) is 7.12. The molecule has 20 heavy (non-hydrogen) atoms. The number of nitrogens with zero attached hydrogens (tertiary/aromatic N) is 1. The van der Waals surface area contributed by atoms with Gasteiger partial charge in [0.15, 0.2) is 0 Å². The van der Waals surface area contributed by atoms with Crippen LogP contribution in [-0.4, -0.2) is 40.8 Å². The van der Waals surface area contributed by atoms with Gasteiger partial charge in [-0.3, -0.25) is 0 Å². The van der Waals surface area contributed by atoms with Gasteiger partial charge in [0, 0.05) is 25.4 Å². The van der Waals surface area contributed by atoms with E-state index in [1.165, 1.54) is 0 Å². The van der Waals surface area contributed by atoms with Crippen LogP contribution in [-0.2, 0) is 0 Å². The Balaban J connectivity index is 1.93. The number of carbonyl (C=O) groups is 1. The molecule has 0 radical (unpaired) electrons. The van der Waals surface area contributed by atoms with E-state index in [2.05, 4.69) is 5.32 Å². The van der Waals surface area contributed by atoms with Gasteiger partial charge in [-0.2, -0.15) is 0 Å². The molecule has 110 valence electrons. The topological polar surface area (TPSA) is 72.8 Å². The Labute approximate surface area is 119 Å². The first-order valence-electron chi connectivity index (χ1n) is 7.05. The second-order valence-corrected chi connectivity index (χ2v) is 5.34. The van der Waals surface area contributed by atoms with Crippen LogP contribution in [0.15, 0.2) is 24.3 Å². The van der Waals surface area contributed by atoms with E-state index in [0.29, 0.717) is 18.2 Å². The van der Waals surface area contributed by atoms with Crippen molar-refractivity contribution in [3.8, 4) is 0 Å². The number of amides is 2. The van der Waals surface area contributed by atoms with Crippen LogP contribution in [0.2, 0.25) is 0 Å². The molecule has 2 unspecified atom stereocenters. The zero-order valence-corrected chi connectivity index (χ0v) is 11.7. The molecule has 1 aliphatic heterocycles. The highest BCUT2D eigenvalue weighted by atomic mass is 16.3. The summed E-state index contributed by atoms with van der Waals surface area (Å²) in [5.41, 5.74) is 1.47. The van der Waals surface area contributed by atoms with Gasteiger partial charge in [-0.05, 0) is 43.4 Å². The van der Waals surface area contributed by atoms with E-state index in [0.717, 1.165) is 24.9 Å². The highest BCUT2D eigenvalue weighted by molar-refractivity contribution is 5.89. The van der Waals surface area contributed by atoms with Crippen molar-refractivity contribution in [1.82, 2.24) is 4.90 Å². The van der Waals surface area contributed by atoms with Crippen molar-refractivity contribution in [2.75, 3.05) is 25.0 Å². The number of carbonyl (C=O) groups excluding carboxylic acids is 1. The van der Waals surface area contributed by atoms with Crippen LogP contribution in [0.1, 0.15) is 31.4 Å². The van der Waals surface area contributed by atoms with Crippen LogP contribution >= 0.6 is 0 Å². The lowest BCUT2D eigenvalue weighted by Gasteiger charge is -2.18. The standard InChI is InChI=1S/C15H22N2O3/c1-11(19)13-3-2-4-14(9-13)16-15(20)17-7-5-12(10-17)6-8-18/h2-4,9,11-12,18-19H,5-8,10H2,1H3,(H,16,20). The highest BCUT2D eigenvalue weighted by Crippen LogP contribution is 2.21. The summed E-state index contributed by atoms with van der Waals surface area (Å²) in [5, 5.41) is 21.3. The van der Waals surface area contributed by atoms with Crippen molar-refractivity contribution in [1.29, 1.82) is 0 Å². The number of aliphatic hydroxyl groups is 2. The van der Waals surface area contributed by atoms with Gasteiger partial charge >= 0.3 is 6.03 Å². The lowest BCUT2D eigenvalue weighted by Crippen LogP contribution is -2.33. The highest BCUT2D eigenvalue weighted by Gasteiger charge is 2.25. The fourth-order valence-corrected chi connectivity index (χ4v) is 2.51. The molecular weight excluding hydrogens is 256 g/mol. The fraction of sp³-hybridized carbons (Fsp3) is 0.533. The van der Waals surface area contributed by atoms with E-state index in [4.69, 9.17) is 5.11 Å². The summed E-state index contributed by atoms with van der Waals surface area (Å²) >= 11 is 0. The summed E-state index contributed by atoms with van der Waals surface area (Å²) in [5.74, 6) is 0.398. The zero-order valence-electron chi connectivity index (χ0n) is 11.7. The van der Waals surface area contributed by atoms with E-state index in [1.54, 1.807) is 17.9 Å². The molecule has 2 amide bonds. The van der Waals surface area contributed by atoms with Gasteiger partial charge in [-0.25, -0.2) is 4.79 Å². The van der Waals surface area contributed by atoms with Gasteiger partial charge in [-0.1, -0.05) is 12.1 Å². The Bertz CT molecular complexity index is 462. The average Bonchev–Trinajstić information content (AvgIpc) is 2.88. The fourth-order valence-electron chi connectivity index (χ4n) is 2.51.